The van der Waals surface area contributed by atoms with Gasteiger partial charge in [-0.1, -0.05) is 72.8 Å². The minimum Gasteiger partial charge on any atom is -0.456 e. The Morgan fingerprint density at radius 2 is 1.50 bits per heavy atom. The molecule has 0 aliphatic heterocycles. The molecule has 0 aliphatic carbocycles. The first kappa shape index (κ1) is 29.6. The molecule has 0 bridgehead atoms. The molecule has 0 saturated heterocycles. The second kappa shape index (κ2) is 13.3. The molecule has 4 aromatic carbocycles. The van der Waals surface area contributed by atoms with Crippen molar-refractivity contribution in [3.63, 3.8) is 0 Å². The lowest BCUT2D eigenvalue weighted by Gasteiger charge is -2.22. The number of amidine groups is 1. The van der Waals surface area contributed by atoms with Gasteiger partial charge in [0, 0.05) is 11.3 Å². The van der Waals surface area contributed by atoms with Crippen molar-refractivity contribution in [2.24, 2.45) is 10.7 Å². The number of hydrogen-bond acceptors (Lipinski definition) is 6. The van der Waals surface area contributed by atoms with Crippen LogP contribution in [0.15, 0.2) is 108 Å². The summed E-state index contributed by atoms with van der Waals surface area (Å²) in [5, 5.41) is 13.4. The molecule has 3 N–H and O–H groups in total. The Morgan fingerprint density at radius 1 is 0.881 bits per heavy atom. The van der Waals surface area contributed by atoms with E-state index in [2.05, 4.69) is 16.4 Å². The molecule has 42 heavy (non-hydrogen) atoms. The quantitative estimate of drug-likeness (QED) is 0.135. The van der Waals surface area contributed by atoms with Crippen LogP contribution < -0.4 is 11.1 Å². The number of hydrogen-bond donors (Lipinski definition) is 2. The van der Waals surface area contributed by atoms with Gasteiger partial charge >= 0.3 is 12.1 Å². The summed E-state index contributed by atoms with van der Waals surface area (Å²) in [6.07, 6.45) is -0.786. The fourth-order valence-corrected chi connectivity index (χ4v) is 4.22. The van der Waals surface area contributed by atoms with Gasteiger partial charge in [-0.3, -0.25) is 0 Å². The highest BCUT2D eigenvalue weighted by Gasteiger charge is 2.23. The Balaban J connectivity index is 1.51. The molecule has 0 saturated carbocycles. The number of amides is 1. The number of esters is 1. The summed E-state index contributed by atoms with van der Waals surface area (Å²) < 4.78 is 10.8. The molecule has 0 fully saturated rings. The van der Waals surface area contributed by atoms with Gasteiger partial charge in [-0.05, 0) is 73.4 Å². The van der Waals surface area contributed by atoms with Crippen molar-refractivity contribution < 1.29 is 19.1 Å². The maximum absolute atomic E-state index is 13.0. The molecule has 4 rings (SSSR count). The highest BCUT2D eigenvalue weighted by atomic mass is 16.6. The van der Waals surface area contributed by atoms with E-state index in [-0.39, 0.29) is 12.4 Å². The highest BCUT2D eigenvalue weighted by Crippen LogP contribution is 2.33. The molecule has 0 spiro atoms. The summed E-state index contributed by atoms with van der Waals surface area (Å²) in [5.74, 6) is -0.423. The molecule has 0 aromatic heterocycles. The minimum absolute atomic E-state index is 0.0144. The van der Waals surface area contributed by atoms with E-state index in [1.807, 2.05) is 87.5 Å². The summed E-state index contributed by atoms with van der Waals surface area (Å²) in [6.45, 7) is 5.55. The fraction of sp³-hybridized carbons (Fsp3) is 0.176. The second-order valence-corrected chi connectivity index (χ2v) is 10.5. The van der Waals surface area contributed by atoms with Crippen LogP contribution in [-0.4, -0.2) is 23.5 Å². The monoisotopic (exact) mass is 560 g/mol. The van der Waals surface area contributed by atoms with E-state index >= 15 is 0 Å². The lowest BCUT2D eigenvalue weighted by Crippen LogP contribution is -2.24. The zero-order valence-electron chi connectivity index (χ0n) is 23.7. The van der Waals surface area contributed by atoms with Gasteiger partial charge in [0.05, 0.1) is 11.6 Å². The Bertz CT molecular complexity index is 1620. The zero-order valence-corrected chi connectivity index (χ0v) is 23.7. The third kappa shape index (κ3) is 7.83. The number of nitrogens with zero attached hydrogens (tertiary/aromatic N) is 2. The van der Waals surface area contributed by atoms with E-state index in [0.717, 1.165) is 11.1 Å². The van der Waals surface area contributed by atoms with Crippen LogP contribution in [0.3, 0.4) is 0 Å². The molecular formula is C34H32N4O4. The molecule has 8 nitrogen and oxygen atoms in total. The van der Waals surface area contributed by atoms with Crippen molar-refractivity contribution in [2.75, 3.05) is 5.32 Å². The highest BCUT2D eigenvalue weighted by molar-refractivity contribution is 6.03. The number of nitrogens with one attached hydrogen (secondary N) is 1. The number of aliphatic imine (C=N–C) groups is 1. The van der Waals surface area contributed by atoms with Crippen LogP contribution in [0.2, 0.25) is 0 Å². The van der Waals surface area contributed by atoms with E-state index in [0.29, 0.717) is 27.9 Å². The number of benzene rings is 4. The Labute approximate surface area is 245 Å². The molecule has 0 heterocycles. The van der Waals surface area contributed by atoms with Crippen LogP contribution in [0, 0.1) is 11.3 Å². The standard InChI is InChI=1S/C34H32N4O4/c1-34(2,3)42-32(39)29-16-10-8-14-27(29)26-13-7-9-15-28(26)30(21-35)37-25-19-17-24(18-20-25)31(36)38-33(40)41-22-23-11-5-4-6-12-23/h4-20,30,37H,22H2,1-3H3,(H2,36,38,40). The van der Waals surface area contributed by atoms with Crippen molar-refractivity contribution in [3.8, 4) is 17.2 Å². The summed E-state index contributed by atoms with van der Waals surface area (Å²) in [4.78, 5) is 29.0. The number of rotatable bonds is 8. The maximum Gasteiger partial charge on any atom is 0.435 e. The van der Waals surface area contributed by atoms with E-state index in [1.54, 1.807) is 36.4 Å². The Morgan fingerprint density at radius 3 is 2.17 bits per heavy atom. The third-order valence-electron chi connectivity index (χ3n) is 6.15. The summed E-state index contributed by atoms with van der Waals surface area (Å²) in [6, 6.07) is 32.4. The summed E-state index contributed by atoms with van der Waals surface area (Å²) >= 11 is 0. The van der Waals surface area contributed by atoms with E-state index in [9.17, 15) is 14.9 Å². The van der Waals surface area contributed by atoms with Gasteiger partial charge in [0.25, 0.3) is 0 Å². The van der Waals surface area contributed by atoms with Gasteiger partial charge in [-0.15, -0.1) is 0 Å². The first-order valence-corrected chi connectivity index (χ1v) is 13.4. The first-order valence-electron chi connectivity index (χ1n) is 13.4. The van der Waals surface area contributed by atoms with Crippen molar-refractivity contribution >= 4 is 23.6 Å². The fourth-order valence-electron chi connectivity index (χ4n) is 4.22. The van der Waals surface area contributed by atoms with Gasteiger partial charge in [0.15, 0.2) is 0 Å². The number of anilines is 1. The van der Waals surface area contributed by atoms with E-state index in [1.165, 1.54) is 0 Å². The topological polar surface area (TPSA) is 127 Å². The third-order valence-corrected chi connectivity index (χ3v) is 6.15. The lowest BCUT2D eigenvalue weighted by atomic mass is 9.92. The molecule has 1 amide bonds. The average molecular weight is 561 g/mol. The number of carbonyl (C=O) groups excluding carboxylic acids is 2. The SMILES string of the molecule is CC(C)(C)OC(=O)c1ccccc1-c1ccccc1C(C#N)Nc1ccc(/C(N)=N/C(=O)OCc2ccccc2)cc1. The van der Waals surface area contributed by atoms with Gasteiger partial charge in [0.1, 0.15) is 24.1 Å². The summed E-state index contributed by atoms with van der Waals surface area (Å²) in [7, 11) is 0. The van der Waals surface area contributed by atoms with Gasteiger partial charge in [-0.25, -0.2) is 9.59 Å². The van der Waals surface area contributed by atoms with E-state index < -0.39 is 23.7 Å². The van der Waals surface area contributed by atoms with E-state index in [4.69, 9.17) is 15.2 Å². The van der Waals surface area contributed by atoms with Crippen LogP contribution >= 0.6 is 0 Å². The maximum atomic E-state index is 13.0. The molecule has 1 atom stereocenters. The predicted octanol–water partition coefficient (Wildman–Crippen LogP) is 7.03. The van der Waals surface area contributed by atoms with Crippen LogP contribution in [0.5, 0.6) is 0 Å². The molecule has 8 heteroatoms. The van der Waals surface area contributed by atoms with Crippen LogP contribution in [-0.2, 0) is 16.1 Å². The van der Waals surface area contributed by atoms with Crippen molar-refractivity contribution in [2.45, 2.75) is 39.0 Å². The number of nitriles is 1. The smallest absolute Gasteiger partial charge is 0.435 e. The largest absolute Gasteiger partial charge is 0.456 e. The molecule has 4 aromatic rings. The van der Waals surface area contributed by atoms with Crippen LogP contribution in [0.4, 0.5) is 10.5 Å². The van der Waals surface area contributed by atoms with Gasteiger partial charge in [-0.2, -0.15) is 10.3 Å². The zero-order chi connectivity index (χ0) is 30.1. The van der Waals surface area contributed by atoms with Gasteiger partial charge in [0.2, 0.25) is 0 Å². The summed E-state index contributed by atoms with van der Waals surface area (Å²) in [5.41, 5.74) is 9.92. The van der Waals surface area contributed by atoms with Crippen molar-refractivity contribution in [1.82, 2.24) is 0 Å². The molecule has 0 aliphatic rings. The van der Waals surface area contributed by atoms with Crippen molar-refractivity contribution in [1.29, 1.82) is 5.26 Å². The number of nitrogens with two attached hydrogens (primary N) is 1. The lowest BCUT2D eigenvalue weighted by molar-refractivity contribution is 0.00703. The average Bonchev–Trinajstić information content (AvgIpc) is 2.99. The number of ether oxygens (including phenoxy) is 2. The van der Waals surface area contributed by atoms with Crippen molar-refractivity contribution in [3.05, 3.63) is 125 Å². The number of carbonyl (C=O) groups is 2. The van der Waals surface area contributed by atoms with Gasteiger partial charge < -0.3 is 20.5 Å². The van der Waals surface area contributed by atoms with Crippen LogP contribution in [0.1, 0.15) is 53.9 Å². The predicted molar refractivity (Wildman–Crippen MR) is 163 cm³/mol. The second-order valence-electron chi connectivity index (χ2n) is 10.5. The minimum atomic E-state index is -0.786. The first-order chi connectivity index (χ1) is 20.1. The Hall–Kier alpha value is -5.42. The normalized spacial score (nSPS) is 12.1. The molecule has 0 radical (unpaired) electrons. The van der Waals surface area contributed by atoms with Crippen LogP contribution in [0.25, 0.3) is 11.1 Å². The molecule has 1 unspecified atom stereocenters. The Kier molecular flexibility index (Phi) is 9.35. The molecule has 212 valence electrons. The molecular weight excluding hydrogens is 528 g/mol.